The molecule has 19 heavy (non-hydrogen) atoms. The fraction of sp³-hybridized carbons (Fsp3) is 0.562. The summed E-state index contributed by atoms with van der Waals surface area (Å²) in [5.41, 5.74) is 1.29. The van der Waals surface area contributed by atoms with Gasteiger partial charge in [0.1, 0.15) is 0 Å². The molecule has 1 aromatic carbocycles. The molecule has 3 heteroatoms. The van der Waals surface area contributed by atoms with Crippen LogP contribution in [0.15, 0.2) is 30.3 Å². The molecular weight excluding hydrogens is 236 g/mol. The highest BCUT2D eigenvalue weighted by molar-refractivity contribution is 5.81. The van der Waals surface area contributed by atoms with Gasteiger partial charge in [0.2, 0.25) is 5.91 Å². The van der Waals surface area contributed by atoms with E-state index >= 15 is 0 Å². The second-order valence-corrected chi connectivity index (χ2v) is 5.78. The Bertz CT molecular complexity index is 412. The Hall–Kier alpha value is -1.35. The molecule has 104 valence electrons. The fourth-order valence-corrected chi connectivity index (χ4v) is 2.35. The van der Waals surface area contributed by atoms with Gasteiger partial charge in [0, 0.05) is 12.1 Å². The Morgan fingerprint density at radius 2 is 1.79 bits per heavy atom. The van der Waals surface area contributed by atoms with Crippen LogP contribution >= 0.6 is 0 Å². The van der Waals surface area contributed by atoms with E-state index in [1.165, 1.54) is 18.4 Å². The van der Waals surface area contributed by atoms with Crippen LogP contribution in [-0.4, -0.2) is 18.0 Å². The summed E-state index contributed by atoms with van der Waals surface area (Å²) < 4.78 is 0. The first kappa shape index (κ1) is 14.1. The van der Waals surface area contributed by atoms with Crippen molar-refractivity contribution in [2.45, 2.75) is 51.7 Å². The van der Waals surface area contributed by atoms with E-state index in [1.54, 1.807) is 0 Å². The SMILES string of the molecule is CC(C)NC(=O)C(C)NC(c1ccccc1)C1CC1. The summed E-state index contributed by atoms with van der Waals surface area (Å²) in [6, 6.07) is 10.8. The lowest BCUT2D eigenvalue weighted by Crippen LogP contribution is -2.46. The highest BCUT2D eigenvalue weighted by Gasteiger charge is 2.33. The van der Waals surface area contributed by atoms with E-state index < -0.39 is 0 Å². The fourth-order valence-electron chi connectivity index (χ4n) is 2.35. The molecular formula is C16H24N2O. The standard InChI is InChI=1S/C16H24N2O/c1-11(2)17-16(19)12(3)18-15(14-9-10-14)13-7-5-4-6-8-13/h4-8,11-12,14-15,18H,9-10H2,1-3H3,(H,17,19). The monoisotopic (exact) mass is 260 g/mol. The summed E-state index contributed by atoms with van der Waals surface area (Å²) >= 11 is 0. The third-order valence-electron chi connectivity index (χ3n) is 3.51. The maximum atomic E-state index is 12.0. The van der Waals surface area contributed by atoms with Gasteiger partial charge in [0.05, 0.1) is 6.04 Å². The number of carbonyl (C=O) groups is 1. The molecule has 2 rings (SSSR count). The Balaban J connectivity index is 1.99. The van der Waals surface area contributed by atoms with Crippen molar-refractivity contribution in [1.29, 1.82) is 0 Å². The minimum atomic E-state index is -0.159. The number of carbonyl (C=O) groups excluding carboxylic acids is 1. The zero-order valence-electron chi connectivity index (χ0n) is 12.0. The number of amides is 1. The minimum absolute atomic E-state index is 0.0802. The summed E-state index contributed by atoms with van der Waals surface area (Å²) in [6.07, 6.45) is 2.51. The second kappa shape index (κ2) is 6.20. The predicted octanol–water partition coefficient (Wildman–Crippen LogP) is 2.64. The molecule has 2 unspecified atom stereocenters. The zero-order chi connectivity index (χ0) is 13.8. The smallest absolute Gasteiger partial charge is 0.237 e. The molecule has 1 amide bonds. The highest BCUT2D eigenvalue weighted by atomic mass is 16.2. The van der Waals surface area contributed by atoms with E-state index in [4.69, 9.17) is 0 Å². The highest BCUT2D eigenvalue weighted by Crippen LogP contribution is 2.41. The first-order chi connectivity index (χ1) is 9.08. The molecule has 0 bridgehead atoms. The summed E-state index contributed by atoms with van der Waals surface area (Å²) in [6.45, 7) is 5.91. The maximum Gasteiger partial charge on any atom is 0.237 e. The molecule has 0 aliphatic heterocycles. The van der Waals surface area contributed by atoms with Gasteiger partial charge in [0.15, 0.2) is 0 Å². The molecule has 2 atom stereocenters. The number of hydrogen-bond donors (Lipinski definition) is 2. The van der Waals surface area contributed by atoms with Crippen LogP contribution in [0.4, 0.5) is 0 Å². The van der Waals surface area contributed by atoms with Crippen molar-refractivity contribution >= 4 is 5.91 Å². The number of hydrogen-bond acceptors (Lipinski definition) is 2. The van der Waals surface area contributed by atoms with Crippen LogP contribution in [0.5, 0.6) is 0 Å². The van der Waals surface area contributed by atoms with Gasteiger partial charge in [-0.15, -0.1) is 0 Å². The molecule has 0 radical (unpaired) electrons. The van der Waals surface area contributed by atoms with Crippen LogP contribution in [-0.2, 0) is 4.79 Å². The van der Waals surface area contributed by atoms with Crippen LogP contribution in [0.2, 0.25) is 0 Å². The molecule has 1 fully saturated rings. The van der Waals surface area contributed by atoms with Gasteiger partial charge < -0.3 is 5.32 Å². The van der Waals surface area contributed by atoms with Gasteiger partial charge >= 0.3 is 0 Å². The van der Waals surface area contributed by atoms with Crippen molar-refractivity contribution in [3.63, 3.8) is 0 Å². The summed E-state index contributed by atoms with van der Waals surface area (Å²) in [5.74, 6) is 0.758. The molecule has 0 heterocycles. The van der Waals surface area contributed by atoms with Crippen LogP contribution in [0, 0.1) is 5.92 Å². The van der Waals surface area contributed by atoms with Gasteiger partial charge in [-0.1, -0.05) is 30.3 Å². The Morgan fingerprint density at radius 1 is 1.16 bits per heavy atom. The van der Waals surface area contributed by atoms with Gasteiger partial charge in [-0.25, -0.2) is 0 Å². The topological polar surface area (TPSA) is 41.1 Å². The Morgan fingerprint density at radius 3 is 2.32 bits per heavy atom. The maximum absolute atomic E-state index is 12.0. The Kier molecular flexibility index (Phi) is 4.59. The van der Waals surface area contributed by atoms with Crippen molar-refractivity contribution in [1.82, 2.24) is 10.6 Å². The van der Waals surface area contributed by atoms with Crippen molar-refractivity contribution in [3.8, 4) is 0 Å². The molecule has 0 aromatic heterocycles. The van der Waals surface area contributed by atoms with E-state index in [0.717, 1.165) is 0 Å². The first-order valence-corrected chi connectivity index (χ1v) is 7.19. The van der Waals surface area contributed by atoms with Crippen LogP contribution in [0.1, 0.15) is 45.2 Å². The number of nitrogens with one attached hydrogen (secondary N) is 2. The van der Waals surface area contributed by atoms with Crippen molar-refractivity contribution < 1.29 is 4.79 Å². The molecule has 1 saturated carbocycles. The second-order valence-electron chi connectivity index (χ2n) is 5.78. The van der Waals surface area contributed by atoms with Gasteiger partial charge in [-0.05, 0) is 45.1 Å². The summed E-state index contributed by atoms with van der Waals surface area (Å²) in [5, 5.41) is 6.45. The van der Waals surface area contributed by atoms with Crippen molar-refractivity contribution in [2.24, 2.45) is 5.92 Å². The normalized spacial score (nSPS) is 18.1. The number of rotatable bonds is 6. The lowest BCUT2D eigenvalue weighted by molar-refractivity contribution is -0.123. The quantitative estimate of drug-likeness (QED) is 0.825. The lowest BCUT2D eigenvalue weighted by atomic mass is 10.0. The van der Waals surface area contributed by atoms with Crippen LogP contribution in [0.3, 0.4) is 0 Å². The van der Waals surface area contributed by atoms with Gasteiger partial charge in [-0.3, -0.25) is 10.1 Å². The Labute approximate surface area is 115 Å². The number of benzene rings is 1. The molecule has 1 aliphatic carbocycles. The molecule has 1 aliphatic rings. The predicted molar refractivity (Wildman–Crippen MR) is 77.8 cm³/mol. The lowest BCUT2D eigenvalue weighted by Gasteiger charge is -2.24. The average molecular weight is 260 g/mol. The van der Waals surface area contributed by atoms with Crippen LogP contribution in [0.25, 0.3) is 0 Å². The molecule has 1 aromatic rings. The minimum Gasteiger partial charge on any atom is -0.353 e. The van der Waals surface area contributed by atoms with E-state index in [-0.39, 0.29) is 18.0 Å². The van der Waals surface area contributed by atoms with E-state index in [1.807, 2.05) is 26.8 Å². The summed E-state index contributed by atoms with van der Waals surface area (Å²) in [4.78, 5) is 12.0. The first-order valence-electron chi connectivity index (χ1n) is 7.19. The largest absolute Gasteiger partial charge is 0.353 e. The average Bonchev–Trinajstić information content (AvgIpc) is 3.20. The molecule has 0 spiro atoms. The zero-order valence-corrected chi connectivity index (χ0v) is 12.0. The van der Waals surface area contributed by atoms with E-state index in [0.29, 0.717) is 12.0 Å². The molecule has 2 N–H and O–H groups in total. The van der Waals surface area contributed by atoms with Gasteiger partial charge in [-0.2, -0.15) is 0 Å². The van der Waals surface area contributed by atoms with E-state index in [9.17, 15) is 4.79 Å². The third kappa shape index (κ3) is 4.06. The van der Waals surface area contributed by atoms with Crippen LogP contribution < -0.4 is 10.6 Å². The van der Waals surface area contributed by atoms with Gasteiger partial charge in [0.25, 0.3) is 0 Å². The van der Waals surface area contributed by atoms with Crippen molar-refractivity contribution in [2.75, 3.05) is 0 Å². The summed E-state index contributed by atoms with van der Waals surface area (Å²) in [7, 11) is 0. The molecule has 3 nitrogen and oxygen atoms in total. The molecule has 0 saturated heterocycles. The van der Waals surface area contributed by atoms with E-state index in [2.05, 4.69) is 34.9 Å². The third-order valence-corrected chi connectivity index (χ3v) is 3.51. The van der Waals surface area contributed by atoms with Crippen molar-refractivity contribution in [3.05, 3.63) is 35.9 Å².